The highest BCUT2D eigenvalue weighted by molar-refractivity contribution is 6.28. The molecule has 13 nitrogen and oxygen atoms in total. The van der Waals surface area contributed by atoms with Gasteiger partial charge in [0.25, 0.3) is 0 Å². The highest BCUT2D eigenvalue weighted by Gasteiger charge is 2.18. The van der Waals surface area contributed by atoms with Gasteiger partial charge in [-0.2, -0.15) is 29.9 Å². The minimum Gasteiger partial charge on any atom is -0.378 e. The summed E-state index contributed by atoms with van der Waals surface area (Å²) in [5, 5.41) is 0.222. The van der Waals surface area contributed by atoms with Crippen LogP contribution in [-0.2, 0) is 9.47 Å². The lowest BCUT2D eigenvalue weighted by Crippen LogP contribution is -2.37. The van der Waals surface area contributed by atoms with Crippen molar-refractivity contribution in [2.24, 2.45) is 0 Å². The van der Waals surface area contributed by atoms with E-state index in [0.717, 1.165) is 37.2 Å². The SMILES string of the molecule is CC.CC.CN(C)c1nc(Cl)nc(N2CCOCC2)n1.Cc1nc(N2CCOCC2)nc(-n2cnc3ccccc32)n1. The molecule has 0 bridgehead atoms. The Morgan fingerprint density at radius 2 is 1.26 bits per heavy atom. The van der Waals surface area contributed by atoms with E-state index in [-0.39, 0.29) is 5.28 Å². The summed E-state index contributed by atoms with van der Waals surface area (Å²) in [5.74, 6) is 3.18. The van der Waals surface area contributed by atoms with Gasteiger partial charge in [-0.1, -0.05) is 39.8 Å². The molecule has 6 rings (SSSR count). The predicted molar refractivity (Wildman–Crippen MR) is 167 cm³/mol. The molecule has 2 aliphatic rings. The van der Waals surface area contributed by atoms with Crippen LogP contribution < -0.4 is 14.7 Å². The molecule has 0 N–H and O–H groups in total. The van der Waals surface area contributed by atoms with Gasteiger partial charge in [0, 0.05) is 40.3 Å². The second-order valence-electron chi connectivity index (χ2n) is 8.88. The second kappa shape index (κ2) is 16.7. The van der Waals surface area contributed by atoms with Crippen LogP contribution in [0.3, 0.4) is 0 Å². The van der Waals surface area contributed by atoms with Crippen LogP contribution in [-0.4, -0.2) is 106 Å². The molecule has 2 saturated heterocycles. The first kappa shape index (κ1) is 32.8. The number of aromatic nitrogens is 8. The number of ether oxygens (including phenoxy) is 2. The Morgan fingerprint density at radius 3 is 1.86 bits per heavy atom. The summed E-state index contributed by atoms with van der Waals surface area (Å²) in [6, 6.07) is 7.94. The molecule has 3 aromatic heterocycles. The summed E-state index contributed by atoms with van der Waals surface area (Å²) in [5.41, 5.74) is 1.91. The normalized spacial score (nSPS) is 14.6. The van der Waals surface area contributed by atoms with Crippen LogP contribution in [0.25, 0.3) is 17.0 Å². The monoisotopic (exact) mass is 599 g/mol. The zero-order chi connectivity index (χ0) is 30.5. The lowest BCUT2D eigenvalue weighted by molar-refractivity contribution is 0.122. The molecule has 0 radical (unpaired) electrons. The molecule has 1 aromatic carbocycles. The minimum absolute atomic E-state index is 0.222. The van der Waals surface area contributed by atoms with Crippen molar-refractivity contribution in [1.82, 2.24) is 39.5 Å². The summed E-state index contributed by atoms with van der Waals surface area (Å²) in [6.45, 7) is 15.8. The van der Waals surface area contributed by atoms with E-state index in [1.165, 1.54) is 0 Å². The van der Waals surface area contributed by atoms with E-state index in [1.807, 2.05) is 82.4 Å². The standard InChI is InChI=1S/C15H16N6O.C9H14ClN5O.2C2H6/c1-11-17-14(20-6-8-22-9-7-20)19-15(18-11)21-10-16-12-4-2-3-5-13(12)21;1-14(2)8-11-7(10)12-9(13-8)15-3-5-16-6-4-15;2*1-2/h2-5,10H,6-9H2,1H3;3-6H2,1-2H3;2*1-2H3. The van der Waals surface area contributed by atoms with Crippen LogP contribution in [0.2, 0.25) is 5.28 Å². The largest absolute Gasteiger partial charge is 0.378 e. The lowest BCUT2D eigenvalue weighted by Gasteiger charge is -2.27. The van der Waals surface area contributed by atoms with Gasteiger partial charge in [-0.15, -0.1) is 0 Å². The van der Waals surface area contributed by atoms with Crippen molar-refractivity contribution in [3.63, 3.8) is 0 Å². The number of hydrogen-bond acceptors (Lipinski definition) is 12. The molecule has 228 valence electrons. The maximum Gasteiger partial charge on any atom is 0.240 e. The fourth-order valence-corrected chi connectivity index (χ4v) is 4.17. The topological polar surface area (TPSA) is 123 Å². The molecular weight excluding hydrogens is 558 g/mol. The van der Waals surface area contributed by atoms with E-state index in [4.69, 9.17) is 21.1 Å². The molecule has 2 fully saturated rings. The van der Waals surface area contributed by atoms with Crippen LogP contribution in [0.15, 0.2) is 30.6 Å². The van der Waals surface area contributed by atoms with E-state index in [2.05, 4.69) is 39.8 Å². The molecule has 42 heavy (non-hydrogen) atoms. The number of anilines is 3. The molecule has 4 aromatic rings. The van der Waals surface area contributed by atoms with Crippen LogP contribution in [0.4, 0.5) is 17.8 Å². The van der Waals surface area contributed by atoms with Crippen LogP contribution >= 0.6 is 11.6 Å². The molecule has 0 atom stereocenters. The summed E-state index contributed by atoms with van der Waals surface area (Å²) in [4.78, 5) is 36.4. The third-order valence-corrected chi connectivity index (χ3v) is 6.13. The zero-order valence-corrected chi connectivity index (χ0v) is 26.4. The molecular formula is C28H42ClN11O2. The Labute approximate surface area is 252 Å². The van der Waals surface area contributed by atoms with Gasteiger partial charge in [-0.25, -0.2) is 4.98 Å². The molecule has 0 spiro atoms. The van der Waals surface area contributed by atoms with Crippen molar-refractivity contribution in [3.05, 3.63) is 41.7 Å². The second-order valence-corrected chi connectivity index (χ2v) is 9.22. The number of fused-ring (bicyclic) bond motifs is 1. The number of rotatable bonds is 4. The molecule has 0 aliphatic carbocycles. The number of imidazole rings is 1. The van der Waals surface area contributed by atoms with Crippen LogP contribution in [0, 0.1) is 6.92 Å². The fourth-order valence-electron chi connectivity index (χ4n) is 4.02. The van der Waals surface area contributed by atoms with Crippen molar-refractivity contribution in [3.8, 4) is 5.95 Å². The first-order valence-corrected chi connectivity index (χ1v) is 14.7. The number of hydrogen-bond donors (Lipinski definition) is 0. The number of benzene rings is 1. The van der Waals surface area contributed by atoms with Crippen molar-refractivity contribution < 1.29 is 9.47 Å². The van der Waals surface area contributed by atoms with Gasteiger partial charge >= 0.3 is 0 Å². The average Bonchev–Trinajstić information content (AvgIpc) is 3.48. The van der Waals surface area contributed by atoms with E-state index < -0.39 is 0 Å². The van der Waals surface area contributed by atoms with Gasteiger partial charge in [0.1, 0.15) is 12.2 Å². The van der Waals surface area contributed by atoms with E-state index >= 15 is 0 Å². The smallest absolute Gasteiger partial charge is 0.240 e. The number of aryl methyl sites for hydroxylation is 1. The summed E-state index contributed by atoms with van der Waals surface area (Å²) in [6.07, 6.45) is 1.75. The maximum absolute atomic E-state index is 5.87. The minimum atomic E-state index is 0.222. The van der Waals surface area contributed by atoms with Crippen molar-refractivity contribution in [2.75, 3.05) is 81.4 Å². The van der Waals surface area contributed by atoms with E-state index in [0.29, 0.717) is 56.0 Å². The number of halogens is 1. The van der Waals surface area contributed by atoms with Gasteiger partial charge in [0.15, 0.2) is 0 Å². The van der Waals surface area contributed by atoms with Gasteiger partial charge < -0.3 is 24.2 Å². The third kappa shape index (κ3) is 8.66. The maximum atomic E-state index is 5.87. The number of para-hydroxylation sites is 2. The summed E-state index contributed by atoms with van der Waals surface area (Å²) >= 11 is 5.87. The molecule has 14 heteroatoms. The van der Waals surface area contributed by atoms with Crippen molar-refractivity contribution in [2.45, 2.75) is 34.6 Å². The van der Waals surface area contributed by atoms with Crippen LogP contribution in [0.5, 0.6) is 0 Å². The molecule has 0 saturated carbocycles. The Balaban J connectivity index is 0.000000215. The van der Waals surface area contributed by atoms with E-state index in [9.17, 15) is 0 Å². The highest BCUT2D eigenvalue weighted by atomic mass is 35.5. The predicted octanol–water partition coefficient (Wildman–Crippen LogP) is 3.84. The first-order chi connectivity index (χ1) is 20.5. The Hall–Kier alpha value is -3.68. The van der Waals surface area contributed by atoms with Gasteiger partial charge in [-0.3, -0.25) is 4.57 Å². The summed E-state index contributed by atoms with van der Waals surface area (Å²) < 4.78 is 12.6. The van der Waals surface area contributed by atoms with Crippen LogP contribution in [0.1, 0.15) is 33.5 Å². The Bertz CT molecular complexity index is 1370. The number of nitrogens with zero attached hydrogens (tertiary/aromatic N) is 11. The quantitative estimate of drug-likeness (QED) is 0.338. The van der Waals surface area contributed by atoms with Crippen molar-refractivity contribution >= 4 is 40.5 Å². The van der Waals surface area contributed by atoms with Crippen molar-refractivity contribution in [1.29, 1.82) is 0 Å². The molecule has 0 unspecified atom stereocenters. The summed E-state index contributed by atoms with van der Waals surface area (Å²) in [7, 11) is 3.74. The van der Waals surface area contributed by atoms with Gasteiger partial charge in [-0.05, 0) is 30.7 Å². The fraction of sp³-hybridized carbons (Fsp3) is 0.536. The number of morpholine rings is 2. The Kier molecular flexibility index (Phi) is 13.0. The molecule has 5 heterocycles. The third-order valence-electron chi connectivity index (χ3n) is 5.97. The van der Waals surface area contributed by atoms with E-state index in [1.54, 1.807) is 11.2 Å². The van der Waals surface area contributed by atoms with Gasteiger partial charge in [0.05, 0.1) is 37.5 Å². The molecule has 2 aliphatic heterocycles. The average molecular weight is 600 g/mol. The zero-order valence-electron chi connectivity index (χ0n) is 25.7. The Morgan fingerprint density at radius 1 is 0.714 bits per heavy atom. The molecule has 0 amide bonds. The lowest BCUT2D eigenvalue weighted by atomic mass is 10.3. The van der Waals surface area contributed by atoms with Gasteiger partial charge in [0.2, 0.25) is 29.1 Å². The highest BCUT2D eigenvalue weighted by Crippen LogP contribution is 2.18. The first-order valence-electron chi connectivity index (χ1n) is 14.4.